The van der Waals surface area contributed by atoms with Gasteiger partial charge in [0, 0.05) is 25.1 Å². The molecule has 1 spiro atoms. The molecule has 1 aromatic heterocycles. The van der Waals surface area contributed by atoms with Crippen molar-refractivity contribution in [1.82, 2.24) is 9.13 Å². The Morgan fingerprint density at radius 1 is 0.697 bits per heavy atom. The van der Waals surface area contributed by atoms with Crippen LogP contribution in [0.3, 0.4) is 0 Å². The van der Waals surface area contributed by atoms with Crippen molar-refractivity contribution in [3.8, 4) is 0 Å². The summed E-state index contributed by atoms with van der Waals surface area (Å²) in [5.74, 6) is -2.16. The lowest BCUT2D eigenvalue weighted by Gasteiger charge is -2.42. The van der Waals surface area contributed by atoms with Crippen molar-refractivity contribution in [1.29, 1.82) is 0 Å². The third kappa shape index (κ3) is 9.92. The van der Waals surface area contributed by atoms with Crippen molar-refractivity contribution >= 4 is 20.3 Å². The number of hydrogen-bond donors (Lipinski definition) is 0. The second-order valence-electron chi connectivity index (χ2n) is 18.6. The van der Waals surface area contributed by atoms with Gasteiger partial charge < -0.3 is 42.3 Å². The zero-order valence-corrected chi connectivity index (χ0v) is 39.5. The van der Waals surface area contributed by atoms with Crippen molar-refractivity contribution in [2.24, 2.45) is 0 Å². The van der Waals surface area contributed by atoms with Crippen LogP contribution in [0.1, 0.15) is 99.7 Å². The highest BCUT2D eigenvalue weighted by Crippen LogP contribution is 2.49. The summed E-state index contributed by atoms with van der Waals surface area (Å²) in [6.45, 7) is 12.9. The fourth-order valence-corrected chi connectivity index (χ4v) is 15.8. The van der Waals surface area contributed by atoms with Gasteiger partial charge >= 0.3 is 17.6 Å². The zero-order valence-electron chi connectivity index (χ0n) is 38.5. The molecule has 8 atom stereocenters. The highest BCUT2D eigenvalue weighted by Gasteiger charge is 2.60. The number of carbonyl (C=O) groups is 2. The van der Waals surface area contributed by atoms with Gasteiger partial charge in [-0.2, -0.15) is 0 Å². The summed E-state index contributed by atoms with van der Waals surface area (Å²) in [6.07, 6.45) is -3.28. The summed E-state index contributed by atoms with van der Waals surface area (Å²) in [6, 6.07) is 27.9. The average Bonchev–Trinajstić information content (AvgIpc) is 4.09. The summed E-state index contributed by atoms with van der Waals surface area (Å²) in [4.78, 5) is 54.9. The van der Waals surface area contributed by atoms with Gasteiger partial charge in [0.1, 0.15) is 31.1 Å². The fraction of sp³-hybridized carbons (Fsp3) is 0.520. The van der Waals surface area contributed by atoms with Crippen LogP contribution in [0.15, 0.2) is 113 Å². The molecule has 16 heteroatoms. The van der Waals surface area contributed by atoms with E-state index in [1.54, 1.807) is 60.7 Å². The Morgan fingerprint density at radius 2 is 1.26 bits per heavy atom. The van der Waals surface area contributed by atoms with Gasteiger partial charge in [0.15, 0.2) is 38.8 Å². The number of esters is 2. The first-order valence-electron chi connectivity index (χ1n) is 23.2. The molecular formula is C50H62N2O13Si. The molecule has 4 aromatic rings. The first-order chi connectivity index (χ1) is 31.8. The monoisotopic (exact) mass is 926 g/mol. The molecule has 0 unspecified atom stereocenters. The van der Waals surface area contributed by atoms with Crippen molar-refractivity contribution < 1.29 is 51.9 Å². The Labute approximate surface area is 386 Å². The van der Waals surface area contributed by atoms with E-state index in [4.69, 9.17) is 42.3 Å². The molecule has 4 fully saturated rings. The predicted octanol–water partition coefficient (Wildman–Crippen LogP) is 7.52. The molecule has 354 valence electrons. The van der Waals surface area contributed by atoms with Gasteiger partial charge in [-0.25, -0.2) is 19.0 Å². The van der Waals surface area contributed by atoms with E-state index >= 15 is 0 Å². The molecule has 3 aliphatic heterocycles. The van der Waals surface area contributed by atoms with Crippen LogP contribution >= 0.6 is 0 Å². The van der Waals surface area contributed by atoms with Crippen molar-refractivity contribution in [3.05, 3.63) is 141 Å². The second kappa shape index (κ2) is 20.6. The Hall–Kier alpha value is -4.78. The molecule has 3 aromatic carbocycles. The molecule has 4 aliphatic rings. The van der Waals surface area contributed by atoms with Crippen molar-refractivity contribution in [2.45, 2.75) is 152 Å². The van der Waals surface area contributed by atoms with Gasteiger partial charge in [-0.1, -0.05) is 108 Å². The number of aromatic nitrogens is 2. The lowest BCUT2D eigenvalue weighted by Crippen LogP contribution is -2.50. The Bertz CT molecular complexity index is 2350. The average molecular weight is 927 g/mol. The van der Waals surface area contributed by atoms with Crippen LogP contribution in [0.4, 0.5) is 0 Å². The van der Waals surface area contributed by atoms with Crippen LogP contribution < -0.4 is 11.2 Å². The van der Waals surface area contributed by atoms with Crippen LogP contribution in [-0.4, -0.2) is 91.3 Å². The predicted molar refractivity (Wildman–Crippen MR) is 244 cm³/mol. The SMILES string of the molecule is CC(C)[Si](OC[C@H]1O[C@@H](OC[C@H]2O[C@@H](n3ccc(=O)n(COCc4ccccc4)c3=O)[C@@H]3OC4(CCCC4)O[C@@H]32)[C@H](OC(=O)c2ccccc2)[C@@H]1OC(=O)c1ccccc1)(C(C)C)C(C)C. The molecular weight excluding hydrogens is 865 g/mol. The van der Waals surface area contributed by atoms with E-state index in [0.717, 1.165) is 23.0 Å². The Kier molecular flexibility index (Phi) is 14.9. The van der Waals surface area contributed by atoms with E-state index in [2.05, 4.69) is 41.5 Å². The van der Waals surface area contributed by atoms with Crippen molar-refractivity contribution in [2.75, 3.05) is 13.2 Å². The highest BCUT2D eigenvalue weighted by atomic mass is 28.4. The van der Waals surface area contributed by atoms with Gasteiger partial charge in [0.05, 0.1) is 30.9 Å². The number of rotatable bonds is 18. The highest BCUT2D eigenvalue weighted by molar-refractivity contribution is 6.77. The van der Waals surface area contributed by atoms with Crippen LogP contribution in [0.2, 0.25) is 16.6 Å². The zero-order chi connectivity index (χ0) is 46.6. The first kappa shape index (κ1) is 47.7. The summed E-state index contributed by atoms with van der Waals surface area (Å²) in [5.41, 5.74) is 1.06. The van der Waals surface area contributed by atoms with Crippen LogP contribution in [0, 0.1) is 0 Å². The van der Waals surface area contributed by atoms with E-state index in [9.17, 15) is 19.2 Å². The maximum Gasteiger partial charge on any atom is 0.338 e. The maximum atomic E-state index is 14.1. The molecule has 15 nitrogen and oxygen atoms in total. The minimum atomic E-state index is -2.48. The van der Waals surface area contributed by atoms with Crippen molar-refractivity contribution in [3.63, 3.8) is 0 Å². The first-order valence-corrected chi connectivity index (χ1v) is 25.3. The van der Waals surface area contributed by atoms with Gasteiger partial charge in [-0.15, -0.1) is 0 Å². The number of carbonyl (C=O) groups excluding carboxylic acids is 2. The molecule has 0 amide bonds. The minimum absolute atomic E-state index is 0.0482. The molecule has 4 heterocycles. The van der Waals surface area contributed by atoms with E-state index in [-0.39, 0.29) is 48.7 Å². The van der Waals surface area contributed by atoms with E-state index in [0.29, 0.717) is 18.4 Å². The van der Waals surface area contributed by atoms with Crippen LogP contribution in [0.25, 0.3) is 0 Å². The Balaban J connectivity index is 1.08. The summed E-state index contributed by atoms with van der Waals surface area (Å²) >= 11 is 0. The number of fused-ring (bicyclic) bond motifs is 1. The molecule has 0 bridgehead atoms. The summed E-state index contributed by atoms with van der Waals surface area (Å²) in [5, 5.41) is 0. The van der Waals surface area contributed by atoms with Crippen LogP contribution in [-0.2, 0) is 55.7 Å². The second-order valence-corrected chi connectivity index (χ2v) is 24.0. The minimum Gasteiger partial charge on any atom is -0.452 e. The molecule has 0 N–H and O–H groups in total. The summed E-state index contributed by atoms with van der Waals surface area (Å²) < 4.78 is 61.0. The molecule has 3 saturated heterocycles. The number of ether oxygens (including phenoxy) is 8. The van der Waals surface area contributed by atoms with Gasteiger partial charge in [0.2, 0.25) is 0 Å². The maximum absolute atomic E-state index is 14.1. The van der Waals surface area contributed by atoms with E-state index in [1.165, 1.54) is 16.8 Å². The normalized spacial score (nSPS) is 25.8. The van der Waals surface area contributed by atoms with E-state index < -0.39 is 86.4 Å². The molecule has 1 saturated carbocycles. The van der Waals surface area contributed by atoms with Gasteiger partial charge in [-0.3, -0.25) is 9.36 Å². The van der Waals surface area contributed by atoms with Crippen LogP contribution in [0.5, 0.6) is 0 Å². The lowest BCUT2D eigenvalue weighted by molar-refractivity contribution is -0.230. The fourth-order valence-electron chi connectivity index (χ4n) is 10.4. The van der Waals surface area contributed by atoms with Gasteiger partial charge in [-0.05, 0) is 59.3 Å². The topological polar surface area (TPSA) is 161 Å². The third-order valence-corrected chi connectivity index (χ3v) is 19.5. The Morgan fingerprint density at radius 3 is 1.85 bits per heavy atom. The lowest BCUT2D eigenvalue weighted by atomic mass is 10.1. The quantitative estimate of drug-likeness (QED) is 0.0713. The van der Waals surface area contributed by atoms with Gasteiger partial charge in [0.25, 0.3) is 5.56 Å². The number of nitrogens with zero attached hydrogens (tertiary/aromatic N) is 2. The standard InChI is InChI=1S/C50H62N2O13Si/c1-32(2)66(33(3)4,34(5)6)59-30-39-41(62-46(54)36-20-12-8-13-21-36)44(63-47(55)37-22-14-9-15-23-37)48(61-39)58-29-38-42-43(65-50(64-42)25-16-17-26-50)45(60-38)51-27-24-40(53)52(49(51)56)31-57-28-35-18-10-7-11-19-35/h7-15,18-24,27,32-34,38-39,41-45,48H,16-17,25-26,28-31H2,1-6H3/t38-,39-,41-,42-,43-,44-,45-,48-/m1/s1. The molecule has 0 radical (unpaired) electrons. The number of benzene rings is 3. The smallest absolute Gasteiger partial charge is 0.338 e. The largest absolute Gasteiger partial charge is 0.452 e. The molecule has 66 heavy (non-hydrogen) atoms. The molecule has 8 rings (SSSR count). The van der Waals surface area contributed by atoms with E-state index in [1.807, 2.05) is 30.3 Å². The molecule has 1 aliphatic carbocycles. The summed E-state index contributed by atoms with van der Waals surface area (Å²) in [7, 11) is -2.48. The number of hydrogen-bond acceptors (Lipinski definition) is 13. The third-order valence-electron chi connectivity index (χ3n) is 13.5.